The van der Waals surface area contributed by atoms with Crippen LogP contribution in [0.25, 0.3) is 10.2 Å². The van der Waals surface area contributed by atoms with Gasteiger partial charge in [-0.25, -0.2) is 4.98 Å². The lowest BCUT2D eigenvalue weighted by molar-refractivity contribution is 0.341. The van der Waals surface area contributed by atoms with Gasteiger partial charge < -0.3 is 14.5 Å². The lowest BCUT2D eigenvalue weighted by Crippen LogP contribution is -2.04. The van der Waals surface area contributed by atoms with Crippen LogP contribution < -0.4 is 10.1 Å². The minimum atomic E-state index is 0.0885. The number of aryl methyl sites for hydroxylation is 1. The molecule has 0 aliphatic carbocycles. The van der Waals surface area contributed by atoms with Crippen molar-refractivity contribution in [1.29, 1.82) is 0 Å². The molecular weight excluding hydrogens is 284 g/mol. The van der Waals surface area contributed by atoms with Crippen molar-refractivity contribution in [2.75, 3.05) is 11.9 Å². The highest BCUT2D eigenvalue weighted by molar-refractivity contribution is 7.22. The lowest BCUT2D eigenvalue weighted by Gasteiger charge is -2.09. The molecule has 0 aliphatic rings. The molecule has 5 heteroatoms. The smallest absolute Gasteiger partial charge is 0.184 e. The third-order valence-corrected chi connectivity index (χ3v) is 4.15. The molecule has 0 bridgehead atoms. The van der Waals surface area contributed by atoms with Crippen molar-refractivity contribution in [3.8, 4) is 5.75 Å². The van der Waals surface area contributed by atoms with E-state index in [1.54, 1.807) is 11.3 Å². The summed E-state index contributed by atoms with van der Waals surface area (Å²) in [5, 5.41) is 4.27. The number of ether oxygens (including phenoxy) is 1. The van der Waals surface area contributed by atoms with Gasteiger partial charge in [-0.1, -0.05) is 11.3 Å². The van der Waals surface area contributed by atoms with Crippen LogP contribution in [0.2, 0.25) is 0 Å². The Morgan fingerprint density at radius 3 is 2.90 bits per heavy atom. The normalized spacial score (nSPS) is 12.5. The van der Waals surface area contributed by atoms with Gasteiger partial charge in [-0.05, 0) is 51.1 Å². The molecule has 0 aliphatic heterocycles. The Balaban J connectivity index is 1.80. The van der Waals surface area contributed by atoms with Crippen LogP contribution in [0.3, 0.4) is 0 Å². The first-order valence-electron chi connectivity index (χ1n) is 7.02. The fourth-order valence-corrected chi connectivity index (χ4v) is 3.15. The van der Waals surface area contributed by atoms with E-state index in [0.717, 1.165) is 32.6 Å². The average molecular weight is 302 g/mol. The summed E-state index contributed by atoms with van der Waals surface area (Å²) in [5.74, 6) is 2.72. The first-order valence-corrected chi connectivity index (χ1v) is 7.83. The van der Waals surface area contributed by atoms with Crippen LogP contribution in [0.15, 0.2) is 34.7 Å². The molecule has 0 radical (unpaired) electrons. The fraction of sp³-hybridized carbons (Fsp3) is 0.312. The Morgan fingerprint density at radius 1 is 1.33 bits per heavy atom. The molecule has 1 atom stereocenters. The van der Waals surface area contributed by atoms with Gasteiger partial charge in [0.05, 0.1) is 22.9 Å². The topological polar surface area (TPSA) is 47.3 Å². The number of aromatic nitrogens is 1. The standard InChI is InChI=1S/C16H18N2O2S/c1-4-19-12-6-7-13-15(9-12)21-16(18-13)17-11(3)14-8-5-10(2)20-14/h5-9,11H,4H2,1-3H3,(H,17,18). The number of thiazole rings is 1. The van der Waals surface area contributed by atoms with Crippen LogP contribution >= 0.6 is 11.3 Å². The average Bonchev–Trinajstić information content (AvgIpc) is 3.04. The Bertz CT molecular complexity index is 748. The molecule has 2 aromatic heterocycles. The van der Waals surface area contributed by atoms with E-state index in [2.05, 4.69) is 17.2 Å². The SMILES string of the molecule is CCOc1ccc2nc(NC(C)c3ccc(C)o3)sc2c1. The highest BCUT2D eigenvalue weighted by Crippen LogP contribution is 2.31. The summed E-state index contributed by atoms with van der Waals surface area (Å²) in [5.41, 5.74) is 0.980. The maximum absolute atomic E-state index is 5.64. The molecule has 21 heavy (non-hydrogen) atoms. The van der Waals surface area contributed by atoms with Gasteiger partial charge in [0.2, 0.25) is 0 Å². The summed E-state index contributed by atoms with van der Waals surface area (Å²) in [6.45, 7) is 6.67. The summed E-state index contributed by atoms with van der Waals surface area (Å²) in [7, 11) is 0. The van der Waals surface area contributed by atoms with Crippen molar-refractivity contribution in [2.24, 2.45) is 0 Å². The predicted octanol–water partition coefficient (Wildman–Crippen LogP) is 4.77. The third-order valence-electron chi connectivity index (χ3n) is 3.20. The Kier molecular flexibility index (Phi) is 3.84. The highest BCUT2D eigenvalue weighted by Gasteiger charge is 2.12. The number of fused-ring (bicyclic) bond motifs is 1. The second-order valence-electron chi connectivity index (χ2n) is 4.90. The van der Waals surface area contributed by atoms with Crippen molar-refractivity contribution in [2.45, 2.75) is 26.8 Å². The van der Waals surface area contributed by atoms with E-state index in [-0.39, 0.29) is 6.04 Å². The number of benzene rings is 1. The lowest BCUT2D eigenvalue weighted by atomic mass is 10.2. The maximum Gasteiger partial charge on any atom is 0.184 e. The molecule has 0 saturated heterocycles. The fourth-order valence-electron chi connectivity index (χ4n) is 2.17. The van der Waals surface area contributed by atoms with Gasteiger partial charge in [-0.2, -0.15) is 0 Å². The highest BCUT2D eigenvalue weighted by atomic mass is 32.1. The van der Waals surface area contributed by atoms with E-state index < -0.39 is 0 Å². The van der Waals surface area contributed by atoms with Gasteiger partial charge in [0.1, 0.15) is 17.3 Å². The zero-order valence-corrected chi connectivity index (χ0v) is 13.2. The molecule has 1 N–H and O–H groups in total. The molecule has 0 saturated carbocycles. The monoisotopic (exact) mass is 302 g/mol. The number of nitrogens with one attached hydrogen (secondary N) is 1. The molecule has 3 aromatic rings. The Hall–Kier alpha value is -2.01. The van der Waals surface area contributed by atoms with Gasteiger partial charge in [0.15, 0.2) is 5.13 Å². The van der Waals surface area contributed by atoms with Gasteiger partial charge in [0.25, 0.3) is 0 Å². The minimum Gasteiger partial charge on any atom is -0.494 e. The van der Waals surface area contributed by atoms with E-state index in [0.29, 0.717) is 6.61 Å². The summed E-state index contributed by atoms with van der Waals surface area (Å²) >= 11 is 1.62. The van der Waals surface area contributed by atoms with Crippen LogP contribution in [0.5, 0.6) is 5.75 Å². The Morgan fingerprint density at radius 2 is 2.19 bits per heavy atom. The molecule has 2 heterocycles. The van der Waals surface area contributed by atoms with Crippen LogP contribution in [0.4, 0.5) is 5.13 Å². The van der Waals surface area contributed by atoms with Gasteiger partial charge >= 0.3 is 0 Å². The van der Waals surface area contributed by atoms with Crippen LogP contribution in [0, 0.1) is 6.92 Å². The van der Waals surface area contributed by atoms with Crippen molar-refractivity contribution >= 4 is 26.7 Å². The number of furan rings is 1. The number of rotatable bonds is 5. The van der Waals surface area contributed by atoms with Gasteiger partial charge in [-0.15, -0.1) is 0 Å². The zero-order valence-electron chi connectivity index (χ0n) is 12.3. The number of nitrogens with zero attached hydrogens (tertiary/aromatic N) is 1. The van der Waals surface area contributed by atoms with Crippen LogP contribution in [-0.4, -0.2) is 11.6 Å². The molecule has 3 rings (SSSR count). The van der Waals surface area contributed by atoms with E-state index in [9.17, 15) is 0 Å². The van der Waals surface area contributed by atoms with E-state index >= 15 is 0 Å². The molecular formula is C16H18N2O2S. The largest absolute Gasteiger partial charge is 0.494 e. The summed E-state index contributed by atoms with van der Waals surface area (Å²) in [6.07, 6.45) is 0. The van der Waals surface area contributed by atoms with Crippen LogP contribution in [-0.2, 0) is 0 Å². The van der Waals surface area contributed by atoms with Gasteiger partial charge in [-0.3, -0.25) is 0 Å². The van der Waals surface area contributed by atoms with E-state index in [1.165, 1.54) is 0 Å². The van der Waals surface area contributed by atoms with Crippen molar-refractivity contribution in [3.05, 3.63) is 41.9 Å². The third kappa shape index (κ3) is 3.03. The van der Waals surface area contributed by atoms with Crippen molar-refractivity contribution < 1.29 is 9.15 Å². The second kappa shape index (κ2) is 5.77. The van der Waals surface area contributed by atoms with E-state index in [4.69, 9.17) is 9.15 Å². The molecule has 1 unspecified atom stereocenters. The van der Waals surface area contributed by atoms with Crippen molar-refractivity contribution in [3.63, 3.8) is 0 Å². The molecule has 0 fully saturated rings. The first-order chi connectivity index (χ1) is 10.2. The maximum atomic E-state index is 5.64. The van der Waals surface area contributed by atoms with Crippen molar-refractivity contribution in [1.82, 2.24) is 4.98 Å². The number of anilines is 1. The summed E-state index contributed by atoms with van der Waals surface area (Å²) in [6, 6.07) is 10.0. The molecule has 4 nitrogen and oxygen atoms in total. The zero-order chi connectivity index (χ0) is 14.8. The summed E-state index contributed by atoms with van der Waals surface area (Å²) < 4.78 is 12.3. The van der Waals surface area contributed by atoms with Gasteiger partial charge in [0, 0.05) is 0 Å². The summed E-state index contributed by atoms with van der Waals surface area (Å²) in [4.78, 5) is 4.60. The molecule has 0 spiro atoms. The Labute approximate surface area is 127 Å². The molecule has 0 amide bonds. The molecule has 1 aromatic carbocycles. The molecule has 110 valence electrons. The second-order valence-corrected chi connectivity index (χ2v) is 5.93. The number of hydrogen-bond acceptors (Lipinski definition) is 5. The predicted molar refractivity (Wildman–Crippen MR) is 86.3 cm³/mol. The number of hydrogen-bond donors (Lipinski definition) is 1. The first kappa shape index (κ1) is 13.9. The minimum absolute atomic E-state index is 0.0885. The van der Waals surface area contributed by atoms with Crippen LogP contribution in [0.1, 0.15) is 31.4 Å². The van der Waals surface area contributed by atoms with E-state index in [1.807, 2.05) is 44.2 Å². The quantitative estimate of drug-likeness (QED) is 0.737.